The van der Waals surface area contributed by atoms with Crippen molar-refractivity contribution in [2.45, 2.75) is 38.5 Å². The molecular formula is C15H24N4O. The molecule has 1 saturated heterocycles. The van der Waals surface area contributed by atoms with Gasteiger partial charge in [0.25, 0.3) is 0 Å². The molecule has 0 radical (unpaired) electrons. The van der Waals surface area contributed by atoms with E-state index in [1.54, 1.807) is 0 Å². The van der Waals surface area contributed by atoms with Crippen LogP contribution < -0.4 is 10.6 Å². The van der Waals surface area contributed by atoms with Gasteiger partial charge in [-0.1, -0.05) is 0 Å². The standard InChI is InChI=1S/C15H24N4O/c1-2-16-13-9-14(19-15(18-13)12-3-4-12)17-7-5-11-6-8-20-10-11/h9,11-12H,2-8,10H2,1H3,(H2,16,17,18,19). The van der Waals surface area contributed by atoms with Crippen molar-refractivity contribution in [2.75, 3.05) is 36.9 Å². The first kappa shape index (κ1) is 13.6. The first-order chi connectivity index (χ1) is 9.85. The molecule has 20 heavy (non-hydrogen) atoms. The highest BCUT2D eigenvalue weighted by atomic mass is 16.5. The Morgan fingerprint density at radius 3 is 2.65 bits per heavy atom. The largest absolute Gasteiger partial charge is 0.381 e. The Hall–Kier alpha value is -1.36. The van der Waals surface area contributed by atoms with Crippen LogP contribution in [0.1, 0.15) is 44.3 Å². The quantitative estimate of drug-likeness (QED) is 0.801. The Bertz CT molecular complexity index is 441. The van der Waals surface area contributed by atoms with Crippen LogP contribution in [0.5, 0.6) is 0 Å². The Labute approximate surface area is 120 Å². The third-order valence-corrected chi connectivity index (χ3v) is 3.93. The van der Waals surface area contributed by atoms with Crippen LogP contribution >= 0.6 is 0 Å². The first-order valence-corrected chi connectivity index (χ1v) is 7.79. The third-order valence-electron chi connectivity index (χ3n) is 3.93. The van der Waals surface area contributed by atoms with Crippen molar-refractivity contribution >= 4 is 11.6 Å². The molecule has 0 amide bonds. The van der Waals surface area contributed by atoms with Crippen LogP contribution in [0.4, 0.5) is 11.6 Å². The molecule has 5 heteroatoms. The normalized spacial score (nSPS) is 21.9. The van der Waals surface area contributed by atoms with Crippen LogP contribution in [0, 0.1) is 5.92 Å². The number of hydrogen-bond donors (Lipinski definition) is 2. The molecule has 2 aliphatic rings. The molecule has 5 nitrogen and oxygen atoms in total. The highest BCUT2D eigenvalue weighted by Gasteiger charge is 2.27. The van der Waals surface area contributed by atoms with E-state index in [1.807, 2.05) is 6.07 Å². The van der Waals surface area contributed by atoms with E-state index in [4.69, 9.17) is 4.74 Å². The van der Waals surface area contributed by atoms with Gasteiger partial charge >= 0.3 is 0 Å². The number of anilines is 2. The smallest absolute Gasteiger partial charge is 0.136 e. The number of rotatable bonds is 7. The molecule has 1 saturated carbocycles. The Morgan fingerprint density at radius 2 is 2.00 bits per heavy atom. The maximum Gasteiger partial charge on any atom is 0.136 e. The molecule has 2 heterocycles. The molecular weight excluding hydrogens is 252 g/mol. The molecule has 3 rings (SSSR count). The third kappa shape index (κ3) is 3.60. The molecule has 1 aromatic heterocycles. The average molecular weight is 276 g/mol. The van der Waals surface area contributed by atoms with Crippen LogP contribution in [-0.2, 0) is 4.74 Å². The minimum atomic E-state index is 0.581. The minimum absolute atomic E-state index is 0.581. The van der Waals surface area contributed by atoms with Crippen molar-refractivity contribution in [3.05, 3.63) is 11.9 Å². The van der Waals surface area contributed by atoms with Crippen LogP contribution in [-0.4, -0.2) is 36.3 Å². The second-order valence-corrected chi connectivity index (χ2v) is 5.75. The van der Waals surface area contributed by atoms with Gasteiger partial charge in [-0.25, -0.2) is 9.97 Å². The maximum absolute atomic E-state index is 5.41. The number of hydrogen-bond acceptors (Lipinski definition) is 5. The SMILES string of the molecule is CCNc1cc(NCCC2CCOC2)nc(C2CC2)n1. The second kappa shape index (κ2) is 6.39. The molecule has 110 valence electrons. The summed E-state index contributed by atoms with van der Waals surface area (Å²) < 4.78 is 5.41. The van der Waals surface area contributed by atoms with Gasteiger partial charge in [-0.15, -0.1) is 0 Å². The first-order valence-electron chi connectivity index (χ1n) is 7.79. The van der Waals surface area contributed by atoms with E-state index < -0.39 is 0 Å². The lowest BCUT2D eigenvalue weighted by molar-refractivity contribution is 0.185. The summed E-state index contributed by atoms with van der Waals surface area (Å²) in [5, 5.41) is 6.74. The molecule has 1 aliphatic carbocycles. The predicted octanol–water partition coefficient (Wildman–Crippen LogP) is 2.62. The lowest BCUT2D eigenvalue weighted by Gasteiger charge is -2.12. The van der Waals surface area contributed by atoms with E-state index in [9.17, 15) is 0 Å². The predicted molar refractivity (Wildman–Crippen MR) is 80.2 cm³/mol. The summed E-state index contributed by atoms with van der Waals surface area (Å²) in [6.07, 6.45) is 4.81. The van der Waals surface area contributed by atoms with Gasteiger partial charge in [-0.3, -0.25) is 0 Å². The molecule has 1 aliphatic heterocycles. The van der Waals surface area contributed by atoms with Crippen LogP contribution in [0.25, 0.3) is 0 Å². The highest BCUT2D eigenvalue weighted by molar-refractivity contribution is 5.48. The second-order valence-electron chi connectivity index (χ2n) is 5.75. The molecule has 1 aromatic rings. The summed E-state index contributed by atoms with van der Waals surface area (Å²) in [5.41, 5.74) is 0. The zero-order chi connectivity index (χ0) is 13.8. The van der Waals surface area contributed by atoms with Crippen molar-refractivity contribution < 1.29 is 4.74 Å². The van der Waals surface area contributed by atoms with Gasteiger partial charge in [0, 0.05) is 38.3 Å². The summed E-state index contributed by atoms with van der Waals surface area (Å²) in [7, 11) is 0. The van der Waals surface area contributed by atoms with E-state index in [1.165, 1.54) is 19.3 Å². The summed E-state index contributed by atoms with van der Waals surface area (Å²) in [4.78, 5) is 9.24. The number of nitrogens with one attached hydrogen (secondary N) is 2. The Balaban J connectivity index is 1.58. The van der Waals surface area contributed by atoms with Crippen LogP contribution in [0.15, 0.2) is 6.07 Å². The summed E-state index contributed by atoms with van der Waals surface area (Å²) in [5.74, 6) is 4.18. The molecule has 0 aromatic carbocycles. The van der Waals surface area contributed by atoms with Crippen molar-refractivity contribution in [2.24, 2.45) is 5.92 Å². The van der Waals surface area contributed by atoms with Gasteiger partial charge < -0.3 is 15.4 Å². The Morgan fingerprint density at radius 1 is 1.20 bits per heavy atom. The molecule has 0 spiro atoms. The van der Waals surface area contributed by atoms with E-state index in [2.05, 4.69) is 27.5 Å². The summed E-state index contributed by atoms with van der Waals surface area (Å²) in [6.45, 7) is 5.78. The summed E-state index contributed by atoms with van der Waals surface area (Å²) in [6, 6.07) is 2.01. The lowest BCUT2D eigenvalue weighted by atomic mass is 10.1. The van der Waals surface area contributed by atoms with Gasteiger partial charge in [-0.2, -0.15) is 0 Å². The van der Waals surface area contributed by atoms with Gasteiger partial charge in [-0.05, 0) is 38.5 Å². The van der Waals surface area contributed by atoms with Gasteiger partial charge in [0.15, 0.2) is 0 Å². The zero-order valence-electron chi connectivity index (χ0n) is 12.2. The van der Waals surface area contributed by atoms with Crippen molar-refractivity contribution in [1.29, 1.82) is 0 Å². The van der Waals surface area contributed by atoms with Crippen molar-refractivity contribution in [3.8, 4) is 0 Å². The summed E-state index contributed by atoms with van der Waals surface area (Å²) >= 11 is 0. The highest BCUT2D eigenvalue weighted by Crippen LogP contribution is 2.38. The fourth-order valence-corrected chi connectivity index (χ4v) is 2.57. The van der Waals surface area contributed by atoms with Crippen LogP contribution in [0.2, 0.25) is 0 Å². The molecule has 0 bridgehead atoms. The topological polar surface area (TPSA) is 59.1 Å². The van der Waals surface area contributed by atoms with Crippen LogP contribution in [0.3, 0.4) is 0 Å². The van der Waals surface area contributed by atoms with Gasteiger partial charge in [0.05, 0.1) is 0 Å². The Kier molecular flexibility index (Phi) is 4.35. The number of nitrogens with zero attached hydrogens (tertiary/aromatic N) is 2. The number of ether oxygens (including phenoxy) is 1. The molecule has 1 unspecified atom stereocenters. The van der Waals surface area contributed by atoms with Gasteiger partial charge in [0.1, 0.15) is 17.5 Å². The van der Waals surface area contributed by atoms with Crippen molar-refractivity contribution in [3.63, 3.8) is 0 Å². The van der Waals surface area contributed by atoms with E-state index in [0.717, 1.165) is 50.2 Å². The van der Waals surface area contributed by atoms with Crippen molar-refractivity contribution in [1.82, 2.24) is 9.97 Å². The molecule has 2 fully saturated rings. The fraction of sp³-hybridized carbons (Fsp3) is 0.733. The average Bonchev–Trinajstić information content (AvgIpc) is 3.17. The van der Waals surface area contributed by atoms with E-state index >= 15 is 0 Å². The fourth-order valence-electron chi connectivity index (χ4n) is 2.57. The molecule has 1 atom stereocenters. The molecule has 2 N–H and O–H groups in total. The van der Waals surface area contributed by atoms with Gasteiger partial charge in [0.2, 0.25) is 0 Å². The monoisotopic (exact) mass is 276 g/mol. The zero-order valence-corrected chi connectivity index (χ0v) is 12.2. The maximum atomic E-state index is 5.41. The van der Waals surface area contributed by atoms with E-state index in [-0.39, 0.29) is 0 Å². The lowest BCUT2D eigenvalue weighted by Crippen LogP contribution is -2.12. The minimum Gasteiger partial charge on any atom is -0.381 e. The van der Waals surface area contributed by atoms with E-state index in [0.29, 0.717) is 11.8 Å². The number of aromatic nitrogens is 2.